The third-order valence-electron chi connectivity index (χ3n) is 6.53. The molecule has 0 heterocycles. The van der Waals surface area contributed by atoms with Crippen molar-refractivity contribution in [3.8, 4) is 11.1 Å². The summed E-state index contributed by atoms with van der Waals surface area (Å²) in [5, 5.41) is 1.73. The first kappa shape index (κ1) is 18.2. The molecule has 0 bridgehead atoms. The van der Waals surface area contributed by atoms with Crippen LogP contribution in [0.2, 0.25) is 0 Å². The Morgan fingerprint density at radius 2 is 1.23 bits per heavy atom. The summed E-state index contributed by atoms with van der Waals surface area (Å²) < 4.78 is 0. The van der Waals surface area contributed by atoms with E-state index in [4.69, 9.17) is 0 Å². The number of hydrogen-bond donors (Lipinski definition) is 0. The third kappa shape index (κ3) is 3.91. The first-order valence-electron chi connectivity index (χ1n) is 10.8. The number of aryl methyl sites for hydroxylation is 1. The van der Waals surface area contributed by atoms with Gasteiger partial charge >= 0.3 is 0 Å². The van der Waals surface area contributed by atoms with E-state index in [1.54, 1.807) is 10.9 Å². The molecule has 0 amide bonds. The molecule has 0 aliphatic heterocycles. The van der Waals surface area contributed by atoms with Crippen LogP contribution in [0.5, 0.6) is 0 Å². The van der Waals surface area contributed by atoms with Crippen LogP contribution in [0.1, 0.15) is 69.8 Å². The van der Waals surface area contributed by atoms with Gasteiger partial charge in [0.15, 0.2) is 0 Å². The van der Waals surface area contributed by atoms with Crippen LogP contribution in [-0.2, 0) is 0 Å². The molecule has 26 heavy (non-hydrogen) atoms. The molecule has 2 aromatic rings. The fourth-order valence-electron chi connectivity index (χ4n) is 5.26. The van der Waals surface area contributed by atoms with Gasteiger partial charge < -0.3 is 0 Å². The van der Waals surface area contributed by atoms with Crippen LogP contribution in [-0.4, -0.2) is 11.3 Å². The summed E-state index contributed by atoms with van der Waals surface area (Å²) in [6, 6.07) is 18.3. The number of benzene rings is 2. The van der Waals surface area contributed by atoms with Gasteiger partial charge in [-0.3, -0.25) is 0 Å². The molecule has 138 valence electrons. The van der Waals surface area contributed by atoms with E-state index in [-0.39, 0.29) is 7.92 Å². The SMILES string of the molecule is Cc1cccc(P(C2CCCCC2)C2CCCCC2)c1-c1ccccc1. The van der Waals surface area contributed by atoms with Gasteiger partial charge in [0.2, 0.25) is 0 Å². The minimum Gasteiger partial charge on any atom is -0.0683 e. The maximum absolute atomic E-state index is 2.50. The predicted molar refractivity (Wildman–Crippen MR) is 117 cm³/mol. The van der Waals surface area contributed by atoms with E-state index in [1.807, 2.05) is 0 Å². The molecule has 0 saturated heterocycles. The molecule has 0 atom stereocenters. The van der Waals surface area contributed by atoms with Crippen molar-refractivity contribution in [3.63, 3.8) is 0 Å². The Labute approximate surface area is 161 Å². The lowest BCUT2D eigenvalue weighted by molar-refractivity contribution is 0.487. The first-order valence-corrected chi connectivity index (χ1v) is 12.3. The van der Waals surface area contributed by atoms with Crippen LogP contribution >= 0.6 is 7.92 Å². The summed E-state index contributed by atoms with van der Waals surface area (Å²) in [4.78, 5) is 0. The number of rotatable bonds is 4. The van der Waals surface area contributed by atoms with E-state index in [1.165, 1.54) is 75.3 Å². The molecule has 2 saturated carbocycles. The second kappa shape index (κ2) is 8.71. The van der Waals surface area contributed by atoms with Gasteiger partial charge in [0.1, 0.15) is 0 Å². The van der Waals surface area contributed by atoms with E-state index >= 15 is 0 Å². The molecule has 0 N–H and O–H groups in total. The van der Waals surface area contributed by atoms with Gasteiger partial charge in [-0.05, 0) is 65.9 Å². The zero-order valence-corrected chi connectivity index (χ0v) is 17.2. The third-order valence-corrected chi connectivity index (χ3v) is 10.1. The Morgan fingerprint density at radius 3 is 1.81 bits per heavy atom. The molecular formula is C25H33P. The van der Waals surface area contributed by atoms with Crippen molar-refractivity contribution >= 4 is 13.2 Å². The van der Waals surface area contributed by atoms with Crippen molar-refractivity contribution in [3.05, 3.63) is 54.1 Å². The molecule has 0 unspecified atom stereocenters. The van der Waals surface area contributed by atoms with Crippen molar-refractivity contribution in [1.82, 2.24) is 0 Å². The van der Waals surface area contributed by atoms with Crippen molar-refractivity contribution in [1.29, 1.82) is 0 Å². The van der Waals surface area contributed by atoms with Gasteiger partial charge in [0.25, 0.3) is 0 Å². The average molecular weight is 365 g/mol. The van der Waals surface area contributed by atoms with E-state index in [0.29, 0.717) is 0 Å². The van der Waals surface area contributed by atoms with Crippen LogP contribution in [0.15, 0.2) is 48.5 Å². The lowest BCUT2D eigenvalue weighted by Crippen LogP contribution is -2.27. The summed E-state index contributed by atoms with van der Waals surface area (Å²) in [6.07, 6.45) is 14.7. The van der Waals surface area contributed by atoms with Crippen molar-refractivity contribution < 1.29 is 0 Å². The van der Waals surface area contributed by atoms with E-state index < -0.39 is 0 Å². The highest BCUT2D eigenvalue weighted by Crippen LogP contribution is 2.56. The fourth-order valence-corrected chi connectivity index (χ4v) is 9.31. The van der Waals surface area contributed by atoms with Gasteiger partial charge in [0, 0.05) is 0 Å². The van der Waals surface area contributed by atoms with Crippen LogP contribution in [0.25, 0.3) is 11.1 Å². The molecule has 0 spiro atoms. The molecule has 2 aliphatic rings. The summed E-state index contributed by atoms with van der Waals surface area (Å²) in [5.41, 5.74) is 6.39. The molecule has 4 rings (SSSR count). The Kier molecular flexibility index (Phi) is 6.11. The zero-order chi connectivity index (χ0) is 17.8. The molecule has 0 nitrogen and oxygen atoms in total. The minimum absolute atomic E-state index is 0.0527. The average Bonchev–Trinajstić information content (AvgIpc) is 2.71. The van der Waals surface area contributed by atoms with Crippen LogP contribution in [0.3, 0.4) is 0 Å². The Hall–Kier alpha value is -1.13. The van der Waals surface area contributed by atoms with E-state index in [2.05, 4.69) is 55.5 Å². The van der Waals surface area contributed by atoms with Crippen LogP contribution in [0.4, 0.5) is 0 Å². The maximum atomic E-state index is 2.50. The van der Waals surface area contributed by atoms with Gasteiger partial charge in [-0.15, -0.1) is 0 Å². The Balaban J connectivity index is 1.79. The Bertz CT molecular complexity index is 675. The van der Waals surface area contributed by atoms with E-state index in [9.17, 15) is 0 Å². The van der Waals surface area contributed by atoms with Crippen molar-refractivity contribution in [2.24, 2.45) is 0 Å². The van der Waals surface area contributed by atoms with Crippen molar-refractivity contribution in [2.45, 2.75) is 82.4 Å². The quantitative estimate of drug-likeness (QED) is 0.495. The largest absolute Gasteiger partial charge is 0.0683 e. The predicted octanol–water partition coefficient (Wildman–Crippen LogP) is 7.43. The van der Waals surface area contributed by atoms with Crippen LogP contribution in [0, 0.1) is 6.92 Å². The lowest BCUT2D eigenvalue weighted by Gasteiger charge is -2.40. The highest BCUT2D eigenvalue weighted by Gasteiger charge is 2.33. The van der Waals surface area contributed by atoms with Crippen LogP contribution < -0.4 is 5.30 Å². The fraction of sp³-hybridized carbons (Fsp3) is 0.520. The zero-order valence-electron chi connectivity index (χ0n) is 16.3. The van der Waals surface area contributed by atoms with Crippen molar-refractivity contribution in [2.75, 3.05) is 0 Å². The normalized spacial score (nSPS) is 19.8. The van der Waals surface area contributed by atoms with Gasteiger partial charge in [-0.1, -0.05) is 95.0 Å². The topological polar surface area (TPSA) is 0 Å². The molecule has 0 aromatic heterocycles. The second-order valence-electron chi connectivity index (χ2n) is 8.33. The minimum atomic E-state index is -0.0527. The Morgan fingerprint density at radius 1 is 0.654 bits per heavy atom. The molecule has 2 aromatic carbocycles. The summed E-state index contributed by atoms with van der Waals surface area (Å²) in [5.74, 6) is 0. The molecule has 1 heteroatoms. The highest BCUT2D eigenvalue weighted by atomic mass is 31.1. The maximum Gasteiger partial charge on any atom is -0.00775 e. The lowest BCUT2D eigenvalue weighted by atomic mass is 9.99. The monoisotopic (exact) mass is 364 g/mol. The molecule has 2 fully saturated rings. The standard InChI is InChI=1S/C25H33P/c1-20-12-11-19-24(25(20)21-13-5-2-6-14-21)26(22-15-7-3-8-16-22)23-17-9-4-10-18-23/h2,5-6,11-14,19,22-23H,3-4,7-10,15-18H2,1H3. The molecular weight excluding hydrogens is 331 g/mol. The molecule has 0 radical (unpaired) electrons. The molecule has 2 aliphatic carbocycles. The smallest absolute Gasteiger partial charge is 0.00775 e. The van der Waals surface area contributed by atoms with Gasteiger partial charge in [-0.2, -0.15) is 0 Å². The first-order chi connectivity index (χ1) is 12.8. The summed E-state index contributed by atoms with van der Waals surface area (Å²) in [7, 11) is -0.0527. The van der Waals surface area contributed by atoms with E-state index in [0.717, 1.165) is 11.3 Å². The van der Waals surface area contributed by atoms with Gasteiger partial charge in [0.05, 0.1) is 0 Å². The van der Waals surface area contributed by atoms with Gasteiger partial charge in [-0.25, -0.2) is 0 Å². The highest BCUT2D eigenvalue weighted by molar-refractivity contribution is 7.67. The summed E-state index contributed by atoms with van der Waals surface area (Å²) in [6.45, 7) is 2.32. The number of hydrogen-bond acceptors (Lipinski definition) is 0. The summed E-state index contributed by atoms with van der Waals surface area (Å²) >= 11 is 0. The second-order valence-corrected chi connectivity index (χ2v) is 11.1.